The fourth-order valence-corrected chi connectivity index (χ4v) is 0. The van der Waals surface area contributed by atoms with E-state index in [1.165, 1.54) is 0 Å². The normalized spacial score (nSPS) is 6.43. The van der Waals surface area contributed by atoms with Crippen molar-refractivity contribution >= 4 is 11.8 Å². The molecule has 40 valence electrons. The summed E-state index contributed by atoms with van der Waals surface area (Å²) in [5.41, 5.74) is 0. The van der Waals surface area contributed by atoms with Gasteiger partial charge in [-0.15, -0.1) is 0 Å². The Labute approximate surface area is 73.2 Å². The number of Topliss-reactive ketones (excluding diaryl/α,β-unsaturated/α-hetero) is 1. The van der Waals surface area contributed by atoms with Gasteiger partial charge in [-0.25, -0.2) is 4.79 Å². The van der Waals surface area contributed by atoms with E-state index < -0.39 is 11.8 Å². The van der Waals surface area contributed by atoms with E-state index in [0.29, 0.717) is 0 Å². The summed E-state index contributed by atoms with van der Waals surface area (Å²) in [5, 5.41) is 7.64. The van der Waals surface area contributed by atoms with Crippen LogP contribution in [0, 0.1) is 40.4 Å². The van der Waals surface area contributed by atoms with Crippen LogP contribution in [0.2, 0.25) is 0 Å². The summed E-state index contributed by atoms with van der Waals surface area (Å²) in [6.45, 7) is 1.00. The molecule has 0 aliphatic heterocycles. The Morgan fingerprint density at radius 3 is 1.57 bits per heavy atom. The second kappa shape index (κ2) is 4.63. The van der Waals surface area contributed by atoms with Gasteiger partial charge in [0.2, 0.25) is 5.78 Å². The zero-order chi connectivity index (χ0) is 5.15. The molecule has 0 aromatic carbocycles. The molecule has 0 aliphatic rings. The Morgan fingerprint density at radius 1 is 1.43 bits per heavy atom. The van der Waals surface area contributed by atoms with E-state index in [1.807, 2.05) is 0 Å². The largest absolute Gasteiger partial charge is 0.476 e. The standard InChI is InChI=1S/C3H4O3.Sm/c1-2(4)3(5)6;/h1H3,(H,5,6);. The first-order valence-corrected chi connectivity index (χ1v) is 1.38. The van der Waals surface area contributed by atoms with Crippen molar-refractivity contribution in [2.45, 2.75) is 6.92 Å². The van der Waals surface area contributed by atoms with Gasteiger partial charge in [0.05, 0.1) is 0 Å². The number of hydrogen-bond donors (Lipinski definition) is 1. The van der Waals surface area contributed by atoms with Crippen LogP contribution in [0.15, 0.2) is 0 Å². The van der Waals surface area contributed by atoms with Crippen molar-refractivity contribution in [2.75, 3.05) is 0 Å². The van der Waals surface area contributed by atoms with Gasteiger partial charge < -0.3 is 5.11 Å². The Balaban J connectivity index is 0. The van der Waals surface area contributed by atoms with E-state index in [-0.39, 0.29) is 40.4 Å². The quantitative estimate of drug-likeness (QED) is 0.636. The number of aliphatic carboxylic acids is 1. The second-order valence-electron chi connectivity index (χ2n) is 0.861. The number of carbonyl (C=O) groups is 2. The Kier molecular flexibility index (Phi) is 6.92. The van der Waals surface area contributed by atoms with Crippen molar-refractivity contribution in [1.29, 1.82) is 0 Å². The van der Waals surface area contributed by atoms with Crippen LogP contribution in [0.5, 0.6) is 0 Å². The molecule has 0 rings (SSSR count). The Morgan fingerprint density at radius 2 is 1.57 bits per heavy atom. The van der Waals surface area contributed by atoms with Crippen LogP contribution in [0.25, 0.3) is 0 Å². The molecular weight excluding hydrogens is 234 g/mol. The minimum absolute atomic E-state index is 0. The van der Waals surface area contributed by atoms with Crippen molar-refractivity contribution in [3.05, 3.63) is 0 Å². The van der Waals surface area contributed by atoms with E-state index in [2.05, 4.69) is 0 Å². The Bertz CT molecular complexity index is 76.2. The van der Waals surface area contributed by atoms with Crippen LogP contribution in [0.1, 0.15) is 6.92 Å². The number of rotatable bonds is 1. The molecule has 0 saturated heterocycles. The van der Waals surface area contributed by atoms with Crippen LogP contribution >= 0.6 is 0 Å². The summed E-state index contributed by atoms with van der Waals surface area (Å²) in [6, 6.07) is 0. The van der Waals surface area contributed by atoms with E-state index >= 15 is 0 Å². The predicted octanol–water partition coefficient (Wildman–Crippen LogP) is -0.340. The molecule has 0 heterocycles. The summed E-state index contributed by atoms with van der Waals surface area (Å²) >= 11 is 0. The number of carboxylic acid groups (broad SMARTS) is 1. The van der Waals surface area contributed by atoms with Crippen LogP contribution in [-0.4, -0.2) is 16.9 Å². The molecule has 0 amide bonds. The maximum Gasteiger partial charge on any atom is 0.371 e. The van der Waals surface area contributed by atoms with Gasteiger partial charge in [-0.2, -0.15) is 0 Å². The van der Waals surface area contributed by atoms with Crippen LogP contribution in [0.4, 0.5) is 0 Å². The summed E-state index contributed by atoms with van der Waals surface area (Å²) in [4.78, 5) is 18.9. The molecule has 0 unspecified atom stereocenters. The van der Waals surface area contributed by atoms with Crippen LogP contribution < -0.4 is 0 Å². The van der Waals surface area contributed by atoms with E-state index in [0.717, 1.165) is 6.92 Å². The third-order valence-corrected chi connectivity index (χ3v) is 0.301. The van der Waals surface area contributed by atoms with E-state index in [9.17, 15) is 9.59 Å². The van der Waals surface area contributed by atoms with Gasteiger partial charge in [-0.3, -0.25) is 4.79 Å². The average Bonchev–Trinajstić information content (AvgIpc) is 1.36. The van der Waals surface area contributed by atoms with Gasteiger partial charge in [-0.1, -0.05) is 0 Å². The number of carboxylic acids is 1. The predicted molar refractivity (Wildman–Crippen MR) is 18.3 cm³/mol. The molecule has 4 heteroatoms. The van der Waals surface area contributed by atoms with Crippen molar-refractivity contribution < 1.29 is 55.1 Å². The molecule has 0 radical (unpaired) electrons. The molecule has 0 spiro atoms. The molecule has 0 aliphatic carbocycles. The third kappa shape index (κ3) is 6.48. The molecule has 7 heavy (non-hydrogen) atoms. The molecule has 0 aromatic rings. The minimum Gasteiger partial charge on any atom is -0.476 e. The maximum absolute atomic E-state index is 9.54. The third-order valence-electron chi connectivity index (χ3n) is 0.301. The molecule has 0 saturated carbocycles. The summed E-state index contributed by atoms with van der Waals surface area (Å²) in [6.07, 6.45) is 0. The molecule has 0 bridgehead atoms. The second-order valence-corrected chi connectivity index (χ2v) is 0.861. The van der Waals surface area contributed by atoms with Crippen LogP contribution in [0.3, 0.4) is 0 Å². The maximum atomic E-state index is 9.54. The van der Waals surface area contributed by atoms with E-state index in [4.69, 9.17) is 5.11 Å². The molecule has 0 aromatic heterocycles. The topological polar surface area (TPSA) is 54.4 Å². The zero-order valence-corrected chi connectivity index (χ0v) is 6.29. The van der Waals surface area contributed by atoms with Crippen molar-refractivity contribution in [2.24, 2.45) is 0 Å². The SMILES string of the molecule is CC(=O)C(=O)O.[Sm]. The molecular formula is C3H4O3Sm. The number of hydrogen-bond acceptors (Lipinski definition) is 2. The van der Waals surface area contributed by atoms with Gasteiger partial charge in [0.1, 0.15) is 0 Å². The van der Waals surface area contributed by atoms with Gasteiger partial charge in [0.25, 0.3) is 0 Å². The first-order valence-electron chi connectivity index (χ1n) is 1.38. The van der Waals surface area contributed by atoms with Crippen molar-refractivity contribution in [3.63, 3.8) is 0 Å². The molecule has 0 atom stereocenters. The van der Waals surface area contributed by atoms with Gasteiger partial charge >= 0.3 is 5.97 Å². The van der Waals surface area contributed by atoms with Gasteiger partial charge in [0.15, 0.2) is 0 Å². The molecule has 0 fully saturated rings. The van der Waals surface area contributed by atoms with E-state index in [1.54, 1.807) is 0 Å². The zero-order valence-electron chi connectivity index (χ0n) is 3.67. The fraction of sp³-hybridized carbons (Fsp3) is 0.333. The van der Waals surface area contributed by atoms with Gasteiger partial charge in [-0.05, 0) is 0 Å². The first kappa shape index (κ1) is 10.5. The summed E-state index contributed by atoms with van der Waals surface area (Å²) in [5.74, 6) is -2.20. The smallest absolute Gasteiger partial charge is 0.371 e. The average molecular weight is 238 g/mol. The molecule has 1 N–H and O–H groups in total. The minimum atomic E-state index is -1.38. The fourth-order valence-electron chi connectivity index (χ4n) is 0. The van der Waals surface area contributed by atoms with Crippen LogP contribution in [-0.2, 0) is 9.59 Å². The summed E-state index contributed by atoms with van der Waals surface area (Å²) in [7, 11) is 0. The van der Waals surface area contributed by atoms with Crippen molar-refractivity contribution in [1.82, 2.24) is 0 Å². The number of carbonyl (C=O) groups excluding carboxylic acids is 1. The number of ketones is 1. The monoisotopic (exact) mass is 240 g/mol. The Hall–Kier alpha value is 0.478. The van der Waals surface area contributed by atoms with Gasteiger partial charge in [0, 0.05) is 47.3 Å². The van der Waals surface area contributed by atoms with Crippen molar-refractivity contribution in [3.8, 4) is 0 Å². The first-order chi connectivity index (χ1) is 2.64. The molecule has 3 nitrogen and oxygen atoms in total. The summed E-state index contributed by atoms with van der Waals surface area (Å²) < 4.78 is 0.